The molecule has 0 atom stereocenters. The fraction of sp³-hybridized carbons (Fsp3) is 0.273. The van der Waals surface area contributed by atoms with E-state index in [1.165, 1.54) is 23.5 Å². The van der Waals surface area contributed by atoms with E-state index in [0.717, 1.165) is 5.69 Å². The molecule has 1 aromatic rings. The van der Waals surface area contributed by atoms with E-state index in [0.29, 0.717) is 6.54 Å². The van der Waals surface area contributed by atoms with Crippen molar-refractivity contribution < 1.29 is 9.90 Å². The smallest absolute Gasteiger partial charge is 0.419 e. The van der Waals surface area contributed by atoms with Crippen LogP contribution in [0.3, 0.4) is 0 Å². The molecule has 7 heteroatoms. The number of hydrazine groups is 1. The van der Waals surface area contributed by atoms with Gasteiger partial charge in [0, 0.05) is 12.7 Å². The van der Waals surface area contributed by atoms with Gasteiger partial charge in [-0.3, -0.25) is 10.4 Å². The van der Waals surface area contributed by atoms with Crippen molar-refractivity contribution >= 4 is 29.6 Å². The van der Waals surface area contributed by atoms with Crippen molar-refractivity contribution in [1.82, 2.24) is 15.4 Å². The molecule has 2 heterocycles. The molecule has 1 amide bonds. The Morgan fingerprint density at radius 3 is 2.72 bits per heavy atom. The highest BCUT2D eigenvalue weighted by atomic mass is 32.2. The Kier molecular flexibility index (Phi) is 4.15. The minimum atomic E-state index is -1.07. The van der Waals surface area contributed by atoms with Crippen LogP contribution in [0.5, 0.6) is 0 Å². The minimum absolute atomic E-state index is 0.546. The molecule has 0 spiro atoms. The van der Waals surface area contributed by atoms with Crippen LogP contribution in [0, 0.1) is 0 Å². The van der Waals surface area contributed by atoms with Crippen molar-refractivity contribution in [3.63, 3.8) is 0 Å². The molecule has 18 heavy (non-hydrogen) atoms. The summed E-state index contributed by atoms with van der Waals surface area (Å²) < 4.78 is -0.561. The van der Waals surface area contributed by atoms with Crippen LogP contribution in [0.15, 0.2) is 35.2 Å². The highest BCUT2D eigenvalue weighted by molar-refractivity contribution is 8.22. The summed E-state index contributed by atoms with van der Waals surface area (Å²) in [5, 5.41) is 14.5. The lowest BCUT2D eigenvalue weighted by Crippen LogP contribution is -2.51. The monoisotopic (exact) mass is 283 g/mol. The summed E-state index contributed by atoms with van der Waals surface area (Å²) >= 11 is 3.08. The number of amides is 1. The van der Waals surface area contributed by atoms with Crippen LogP contribution in [-0.2, 0) is 4.20 Å². The SMILES string of the molecule is CCN(NC(=O)O)C1(c2ccccn2)SC=CS1. The van der Waals surface area contributed by atoms with Crippen molar-refractivity contribution in [3.8, 4) is 0 Å². The van der Waals surface area contributed by atoms with Gasteiger partial charge in [0.05, 0.1) is 5.69 Å². The second-order valence-electron chi connectivity index (χ2n) is 3.47. The lowest BCUT2D eigenvalue weighted by Gasteiger charge is -2.37. The summed E-state index contributed by atoms with van der Waals surface area (Å²) in [7, 11) is 0. The molecule has 0 radical (unpaired) electrons. The molecular formula is C11H13N3O2S2. The van der Waals surface area contributed by atoms with Gasteiger partial charge in [-0.2, -0.15) is 5.01 Å². The summed E-state index contributed by atoms with van der Waals surface area (Å²) in [4.78, 5) is 15.2. The maximum absolute atomic E-state index is 10.9. The number of nitrogens with one attached hydrogen (secondary N) is 1. The molecule has 0 saturated carbocycles. The van der Waals surface area contributed by atoms with Gasteiger partial charge in [-0.25, -0.2) is 4.79 Å². The van der Waals surface area contributed by atoms with Crippen molar-refractivity contribution in [3.05, 3.63) is 40.9 Å². The molecule has 1 aliphatic heterocycles. The topological polar surface area (TPSA) is 65.5 Å². The normalized spacial score (nSPS) is 17.0. The number of nitrogens with zero attached hydrogens (tertiary/aromatic N) is 2. The van der Waals surface area contributed by atoms with Crippen molar-refractivity contribution in [2.45, 2.75) is 11.1 Å². The van der Waals surface area contributed by atoms with Crippen LogP contribution >= 0.6 is 23.5 Å². The van der Waals surface area contributed by atoms with Crippen molar-refractivity contribution in [1.29, 1.82) is 0 Å². The Labute approximate surface area is 114 Å². The van der Waals surface area contributed by atoms with Gasteiger partial charge in [-0.05, 0) is 22.9 Å². The molecule has 2 rings (SSSR count). The second-order valence-corrected chi connectivity index (χ2v) is 5.92. The predicted molar refractivity (Wildman–Crippen MR) is 73.8 cm³/mol. The van der Waals surface area contributed by atoms with Gasteiger partial charge in [-0.1, -0.05) is 36.5 Å². The Bertz CT molecular complexity index is 445. The summed E-state index contributed by atoms with van der Waals surface area (Å²) in [6, 6.07) is 5.65. The van der Waals surface area contributed by atoms with Gasteiger partial charge in [0.2, 0.25) is 0 Å². The zero-order valence-corrected chi connectivity index (χ0v) is 11.4. The first kappa shape index (κ1) is 13.3. The Balaban J connectivity index is 2.34. The van der Waals surface area contributed by atoms with Crippen molar-refractivity contribution in [2.24, 2.45) is 0 Å². The zero-order chi connectivity index (χ0) is 13.0. The number of hydrogen-bond donors (Lipinski definition) is 2. The maximum atomic E-state index is 10.9. The summed E-state index contributed by atoms with van der Waals surface area (Å²) in [6.45, 7) is 2.45. The maximum Gasteiger partial charge on any atom is 0.419 e. The fourth-order valence-electron chi connectivity index (χ4n) is 1.68. The molecular weight excluding hydrogens is 270 g/mol. The van der Waals surface area contributed by atoms with Crippen LogP contribution in [0.25, 0.3) is 0 Å². The molecule has 1 aliphatic rings. The van der Waals surface area contributed by atoms with Crippen LogP contribution in [0.2, 0.25) is 0 Å². The van der Waals surface area contributed by atoms with Gasteiger partial charge in [0.25, 0.3) is 0 Å². The minimum Gasteiger partial charge on any atom is -0.464 e. The average molecular weight is 283 g/mol. The molecule has 0 unspecified atom stereocenters. The van der Waals surface area contributed by atoms with Crippen LogP contribution in [-0.4, -0.2) is 27.7 Å². The first-order valence-electron chi connectivity index (χ1n) is 5.38. The first-order chi connectivity index (χ1) is 8.69. The van der Waals surface area contributed by atoms with E-state index in [2.05, 4.69) is 10.4 Å². The molecule has 0 aliphatic carbocycles. The predicted octanol–water partition coefficient (Wildman–Crippen LogP) is 2.65. The third-order valence-corrected chi connectivity index (χ3v) is 5.19. The largest absolute Gasteiger partial charge is 0.464 e. The number of rotatable bonds is 4. The third kappa shape index (κ3) is 2.47. The Morgan fingerprint density at radius 2 is 2.22 bits per heavy atom. The van der Waals surface area contributed by atoms with E-state index in [1.54, 1.807) is 11.2 Å². The standard InChI is InChI=1S/C11H13N3O2S2/c1-2-14(13-10(15)16)11(17-7-8-18-11)9-5-3-4-6-12-9/h3-8,13H,2H2,1H3,(H,15,16). The number of pyridine rings is 1. The molecule has 2 N–H and O–H groups in total. The first-order valence-corrected chi connectivity index (χ1v) is 7.14. The molecule has 1 aromatic heterocycles. The lowest BCUT2D eigenvalue weighted by atomic mass is 10.3. The number of thioether (sulfide) groups is 2. The van der Waals surface area contributed by atoms with E-state index < -0.39 is 10.3 Å². The highest BCUT2D eigenvalue weighted by Crippen LogP contribution is 2.53. The van der Waals surface area contributed by atoms with Gasteiger partial charge in [0.1, 0.15) is 0 Å². The van der Waals surface area contributed by atoms with Crippen LogP contribution in [0.4, 0.5) is 4.79 Å². The number of aromatic nitrogens is 1. The van der Waals surface area contributed by atoms with E-state index >= 15 is 0 Å². The van der Waals surface area contributed by atoms with Gasteiger partial charge < -0.3 is 5.11 Å². The summed E-state index contributed by atoms with van der Waals surface area (Å²) in [5.74, 6) is 0. The van der Waals surface area contributed by atoms with Gasteiger partial charge in [0.15, 0.2) is 4.20 Å². The molecule has 0 fully saturated rings. The van der Waals surface area contributed by atoms with Gasteiger partial charge in [-0.15, -0.1) is 0 Å². The third-order valence-electron chi connectivity index (χ3n) is 2.40. The highest BCUT2D eigenvalue weighted by Gasteiger charge is 2.43. The van der Waals surface area contributed by atoms with Crippen LogP contribution < -0.4 is 5.43 Å². The van der Waals surface area contributed by atoms with E-state index in [1.807, 2.05) is 35.9 Å². The Morgan fingerprint density at radius 1 is 1.50 bits per heavy atom. The molecule has 0 saturated heterocycles. The average Bonchev–Trinajstić information content (AvgIpc) is 2.87. The van der Waals surface area contributed by atoms with Crippen molar-refractivity contribution in [2.75, 3.05) is 6.54 Å². The molecule has 5 nitrogen and oxygen atoms in total. The quantitative estimate of drug-likeness (QED) is 0.828. The lowest BCUT2D eigenvalue weighted by molar-refractivity contribution is 0.126. The molecule has 0 aromatic carbocycles. The van der Waals surface area contributed by atoms with Gasteiger partial charge >= 0.3 is 6.09 Å². The summed E-state index contributed by atoms with van der Waals surface area (Å²) in [5.41, 5.74) is 3.26. The van der Waals surface area contributed by atoms with E-state index in [4.69, 9.17) is 5.11 Å². The number of carboxylic acid groups (broad SMARTS) is 1. The number of hydrogen-bond acceptors (Lipinski definition) is 5. The van der Waals surface area contributed by atoms with Crippen LogP contribution in [0.1, 0.15) is 12.6 Å². The second kappa shape index (κ2) is 5.64. The van der Waals surface area contributed by atoms with E-state index in [-0.39, 0.29) is 0 Å². The summed E-state index contributed by atoms with van der Waals surface area (Å²) in [6.07, 6.45) is 0.644. The zero-order valence-electron chi connectivity index (χ0n) is 9.74. The Hall–Kier alpha value is -1.18. The number of carbonyl (C=O) groups is 1. The molecule has 96 valence electrons. The van der Waals surface area contributed by atoms with E-state index in [9.17, 15) is 4.79 Å². The fourth-order valence-corrected chi connectivity index (χ4v) is 4.14. The molecule has 0 bridgehead atoms.